The molecule has 150 valence electrons. The van der Waals surface area contributed by atoms with Crippen molar-refractivity contribution >= 4 is 46.2 Å². The third-order valence-corrected chi connectivity index (χ3v) is 4.25. The number of aryl methyl sites for hydroxylation is 1. The zero-order chi connectivity index (χ0) is 19.9. The van der Waals surface area contributed by atoms with Gasteiger partial charge in [-0.25, -0.2) is 9.59 Å². The molecule has 1 aromatic carbocycles. The lowest BCUT2D eigenvalue weighted by Gasteiger charge is -2.12. The molecule has 0 heterocycles. The lowest BCUT2D eigenvalue weighted by Crippen LogP contribution is -2.17. The van der Waals surface area contributed by atoms with E-state index in [2.05, 4.69) is 39.8 Å². The second kappa shape index (κ2) is 14.1. The summed E-state index contributed by atoms with van der Waals surface area (Å²) in [7, 11) is 0. The molecule has 0 radical (unpaired) electrons. The minimum atomic E-state index is -0.546. The first kappa shape index (κ1) is 23.1. The maximum atomic E-state index is 11.8. The molecule has 0 aliphatic carbocycles. The van der Waals surface area contributed by atoms with E-state index in [1.165, 1.54) is 6.26 Å². The molecule has 0 aliphatic rings. The number of carbonyl (C=O) groups excluding carboxylic acids is 2. The van der Waals surface area contributed by atoms with Crippen LogP contribution in [0.2, 0.25) is 0 Å². The number of carbonyl (C=O) groups is 2. The fourth-order valence-corrected chi connectivity index (χ4v) is 2.57. The van der Waals surface area contributed by atoms with Gasteiger partial charge in [-0.2, -0.15) is 0 Å². The second-order valence-corrected chi connectivity index (χ2v) is 6.77. The summed E-state index contributed by atoms with van der Waals surface area (Å²) in [5.41, 5.74) is 1.97. The van der Waals surface area contributed by atoms with Crippen molar-refractivity contribution in [2.45, 2.75) is 32.6 Å². The van der Waals surface area contributed by atoms with E-state index < -0.39 is 12.2 Å². The zero-order valence-corrected chi connectivity index (χ0v) is 17.8. The van der Waals surface area contributed by atoms with Gasteiger partial charge >= 0.3 is 12.2 Å². The SMILES string of the molecule is C=COCCCCOC(=O)Nc1ccc(C)c(NC(=O)OCCCCI)c1. The minimum Gasteiger partial charge on any atom is -0.502 e. The normalized spacial score (nSPS) is 10.0. The van der Waals surface area contributed by atoms with Crippen LogP contribution in [0, 0.1) is 6.92 Å². The number of ether oxygens (including phenoxy) is 3. The van der Waals surface area contributed by atoms with Crippen molar-refractivity contribution in [1.82, 2.24) is 0 Å². The van der Waals surface area contributed by atoms with E-state index in [4.69, 9.17) is 14.2 Å². The second-order valence-electron chi connectivity index (χ2n) is 5.69. The first-order valence-corrected chi connectivity index (χ1v) is 10.4. The first-order valence-electron chi connectivity index (χ1n) is 8.83. The predicted octanol–water partition coefficient (Wildman–Crippen LogP) is 5.25. The maximum absolute atomic E-state index is 11.8. The Morgan fingerprint density at radius 2 is 1.67 bits per heavy atom. The van der Waals surface area contributed by atoms with Crippen LogP contribution in [0.4, 0.5) is 21.0 Å². The molecule has 8 heteroatoms. The van der Waals surface area contributed by atoms with Crippen molar-refractivity contribution in [2.75, 3.05) is 34.9 Å². The summed E-state index contributed by atoms with van der Waals surface area (Å²) >= 11 is 2.29. The molecule has 2 N–H and O–H groups in total. The molecule has 0 saturated heterocycles. The van der Waals surface area contributed by atoms with Gasteiger partial charge in [-0.15, -0.1) is 0 Å². The molecule has 0 fully saturated rings. The number of unbranched alkanes of at least 4 members (excludes halogenated alkanes) is 2. The molecule has 0 spiro atoms. The molecular weight excluding hydrogens is 463 g/mol. The van der Waals surface area contributed by atoms with Gasteiger partial charge < -0.3 is 14.2 Å². The van der Waals surface area contributed by atoms with Gasteiger partial charge in [0, 0.05) is 11.4 Å². The lowest BCUT2D eigenvalue weighted by atomic mass is 10.2. The van der Waals surface area contributed by atoms with Gasteiger partial charge in [0.1, 0.15) is 0 Å². The summed E-state index contributed by atoms with van der Waals surface area (Å²) in [6.07, 6.45) is 3.65. The Labute approximate surface area is 174 Å². The van der Waals surface area contributed by atoms with Gasteiger partial charge in [0.15, 0.2) is 0 Å². The highest BCUT2D eigenvalue weighted by Gasteiger charge is 2.09. The van der Waals surface area contributed by atoms with Crippen molar-refractivity contribution in [1.29, 1.82) is 0 Å². The first-order chi connectivity index (χ1) is 13.1. The number of halogens is 1. The monoisotopic (exact) mass is 490 g/mol. The van der Waals surface area contributed by atoms with Gasteiger partial charge in [-0.1, -0.05) is 35.2 Å². The molecule has 2 amide bonds. The van der Waals surface area contributed by atoms with Crippen molar-refractivity contribution in [2.24, 2.45) is 0 Å². The van der Waals surface area contributed by atoms with E-state index >= 15 is 0 Å². The molecule has 0 aromatic heterocycles. The Morgan fingerprint density at radius 3 is 2.33 bits per heavy atom. The summed E-state index contributed by atoms with van der Waals surface area (Å²) in [4.78, 5) is 23.7. The Hall–Kier alpha value is -1.97. The molecule has 1 aromatic rings. The van der Waals surface area contributed by atoms with Crippen LogP contribution < -0.4 is 10.6 Å². The summed E-state index contributed by atoms with van der Waals surface area (Å²) in [5, 5.41) is 5.34. The standard InChI is InChI=1S/C19H27IN2O5/c1-3-25-11-6-7-13-26-18(23)21-16-9-8-15(2)17(14-16)22-19(24)27-12-5-4-10-20/h3,8-9,14H,1,4-7,10-13H2,2H3,(H,21,23)(H,22,24). The largest absolute Gasteiger partial charge is 0.502 e. The number of anilines is 2. The molecule has 0 saturated carbocycles. The molecular formula is C19H27IN2O5. The molecule has 0 bridgehead atoms. The average molecular weight is 490 g/mol. The third kappa shape index (κ3) is 10.7. The highest BCUT2D eigenvalue weighted by atomic mass is 127. The molecule has 27 heavy (non-hydrogen) atoms. The Morgan fingerprint density at radius 1 is 1.04 bits per heavy atom. The highest BCUT2D eigenvalue weighted by Crippen LogP contribution is 2.20. The van der Waals surface area contributed by atoms with Crippen molar-refractivity contribution in [3.05, 3.63) is 36.6 Å². The topological polar surface area (TPSA) is 85.9 Å². The van der Waals surface area contributed by atoms with E-state index in [-0.39, 0.29) is 0 Å². The summed E-state index contributed by atoms with van der Waals surface area (Å²) in [6, 6.07) is 5.21. The van der Waals surface area contributed by atoms with E-state index in [9.17, 15) is 9.59 Å². The van der Waals surface area contributed by atoms with Crippen molar-refractivity contribution in [3.63, 3.8) is 0 Å². The van der Waals surface area contributed by atoms with Gasteiger partial charge in [-0.3, -0.25) is 10.6 Å². The molecule has 0 atom stereocenters. The van der Waals surface area contributed by atoms with Crippen LogP contribution in [0.15, 0.2) is 31.0 Å². The van der Waals surface area contributed by atoms with E-state index in [0.29, 0.717) is 37.6 Å². The van der Waals surface area contributed by atoms with Crippen LogP contribution in [-0.2, 0) is 14.2 Å². The number of amides is 2. The fraction of sp³-hybridized carbons (Fsp3) is 0.474. The molecule has 1 rings (SSSR count). The zero-order valence-electron chi connectivity index (χ0n) is 15.6. The Kier molecular flexibility index (Phi) is 12.1. The molecule has 0 aliphatic heterocycles. The van der Waals surface area contributed by atoms with Gasteiger partial charge in [0.05, 0.1) is 26.1 Å². The smallest absolute Gasteiger partial charge is 0.411 e. The number of benzene rings is 1. The van der Waals surface area contributed by atoms with E-state index in [1.807, 2.05) is 6.92 Å². The van der Waals surface area contributed by atoms with Gasteiger partial charge in [0.25, 0.3) is 0 Å². The van der Waals surface area contributed by atoms with Crippen LogP contribution in [-0.4, -0.2) is 36.4 Å². The summed E-state index contributed by atoms with van der Waals surface area (Å²) < 4.78 is 16.3. The van der Waals surface area contributed by atoms with Crippen LogP contribution in [0.3, 0.4) is 0 Å². The highest BCUT2D eigenvalue weighted by molar-refractivity contribution is 14.1. The number of alkyl halides is 1. The molecule has 7 nitrogen and oxygen atoms in total. The maximum Gasteiger partial charge on any atom is 0.411 e. The quantitative estimate of drug-likeness (QED) is 0.181. The summed E-state index contributed by atoms with van der Waals surface area (Å²) in [5.74, 6) is 0. The van der Waals surface area contributed by atoms with Crippen LogP contribution >= 0.6 is 22.6 Å². The number of rotatable bonds is 12. The number of hydrogen-bond acceptors (Lipinski definition) is 5. The van der Waals surface area contributed by atoms with Crippen LogP contribution in [0.5, 0.6) is 0 Å². The average Bonchev–Trinajstić information content (AvgIpc) is 2.64. The summed E-state index contributed by atoms with van der Waals surface area (Å²) in [6.45, 7) is 6.55. The number of nitrogens with one attached hydrogen (secondary N) is 2. The number of hydrogen-bond donors (Lipinski definition) is 2. The fourth-order valence-electron chi connectivity index (χ4n) is 2.03. The van der Waals surface area contributed by atoms with Crippen LogP contribution in [0.1, 0.15) is 31.2 Å². The van der Waals surface area contributed by atoms with E-state index in [1.54, 1.807) is 18.2 Å². The van der Waals surface area contributed by atoms with E-state index in [0.717, 1.165) is 29.3 Å². The third-order valence-electron chi connectivity index (χ3n) is 3.49. The minimum absolute atomic E-state index is 0.298. The Bertz CT molecular complexity index is 610. The van der Waals surface area contributed by atoms with Gasteiger partial charge in [-0.05, 0) is 54.7 Å². The van der Waals surface area contributed by atoms with Crippen LogP contribution in [0.25, 0.3) is 0 Å². The predicted molar refractivity (Wildman–Crippen MR) is 115 cm³/mol. The van der Waals surface area contributed by atoms with Crippen molar-refractivity contribution < 1.29 is 23.8 Å². The van der Waals surface area contributed by atoms with Gasteiger partial charge in [0.2, 0.25) is 0 Å². The Balaban J connectivity index is 2.41. The lowest BCUT2D eigenvalue weighted by molar-refractivity contribution is 0.154. The van der Waals surface area contributed by atoms with Crippen molar-refractivity contribution in [3.8, 4) is 0 Å². The molecule has 0 unspecified atom stereocenters.